The van der Waals surface area contributed by atoms with Crippen molar-refractivity contribution in [2.75, 3.05) is 23.4 Å². The minimum absolute atomic E-state index is 0.191. The summed E-state index contributed by atoms with van der Waals surface area (Å²) in [6.07, 6.45) is 5.76. The average Bonchev–Trinajstić information content (AvgIpc) is 3.38. The van der Waals surface area contributed by atoms with Crippen molar-refractivity contribution in [1.29, 1.82) is 0 Å². The zero-order chi connectivity index (χ0) is 23.3. The molecule has 0 atom stereocenters. The third kappa shape index (κ3) is 6.13. The molecule has 2 amide bonds. The Morgan fingerprint density at radius 3 is 2.72 bits per heavy atom. The van der Waals surface area contributed by atoms with E-state index in [9.17, 15) is 19.1 Å². The van der Waals surface area contributed by atoms with Gasteiger partial charge in [0.2, 0.25) is 0 Å². The van der Waals surface area contributed by atoms with Gasteiger partial charge in [-0.25, -0.2) is 14.2 Å². The number of halogens is 1. The summed E-state index contributed by atoms with van der Waals surface area (Å²) in [5.74, 6) is -0.735. The van der Waals surface area contributed by atoms with Gasteiger partial charge < -0.3 is 9.84 Å². The minimum atomic E-state index is -1.02. The van der Waals surface area contributed by atoms with Crippen molar-refractivity contribution in [2.24, 2.45) is 5.92 Å². The molecule has 1 aliphatic rings. The average molecular weight is 482 g/mol. The van der Waals surface area contributed by atoms with Crippen molar-refractivity contribution in [3.8, 4) is 5.75 Å². The number of nitrogens with zero attached hydrogens (tertiary/aromatic N) is 2. The van der Waals surface area contributed by atoms with Gasteiger partial charge in [-0.3, -0.25) is 15.0 Å². The zero-order valence-electron chi connectivity index (χ0n) is 18.4. The van der Waals surface area contributed by atoms with Gasteiger partial charge in [0.15, 0.2) is 10.9 Å². The van der Waals surface area contributed by atoms with Gasteiger partial charge >= 0.3 is 12.0 Å². The molecule has 3 rings (SSSR count). The summed E-state index contributed by atoms with van der Waals surface area (Å²) in [5, 5.41) is 12.4. The normalized spacial score (nSPS) is 14.4. The molecular formula is C22H28FN3O4S2. The van der Waals surface area contributed by atoms with Crippen LogP contribution in [0.2, 0.25) is 0 Å². The molecule has 2 N–H and O–H groups in total. The maximum Gasteiger partial charge on any atom is 0.328 e. The van der Waals surface area contributed by atoms with Crippen LogP contribution in [0.15, 0.2) is 28.6 Å². The number of rotatable bonds is 9. The van der Waals surface area contributed by atoms with Crippen molar-refractivity contribution < 1.29 is 23.8 Å². The topological polar surface area (TPSA) is 91.8 Å². The number of carbonyl (C=O) groups is 2. The maximum atomic E-state index is 14.9. The number of aliphatic carboxylic acids is 1. The van der Waals surface area contributed by atoms with Crippen LogP contribution in [-0.4, -0.2) is 40.0 Å². The Morgan fingerprint density at radius 2 is 2.09 bits per heavy atom. The predicted octanol–water partition coefficient (Wildman–Crippen LogP) is 5.86. The van der Waals surface area contributed by atoms with Crippen LogP contribution in [0.4, 0.5) is 20.0 Å². The van der Waals surface area contributed by atoms with Gasteiger partial charge in [0.05, 0.1) is 22.7 Å². The number of nitrogens with one attached hydrogen (secondary N) is 1. The van der Waals surface area contributed by atoms with Crippen LogP contribution >= 0.6 is 23.1 Å². The van der Waals surface area contributed by atoms with Gasteiger partial charge in [-0.05, 0) is 51.7 Å². The molecule has 10 heteroatoms. The Hall–Kier alpha value is -2.33. The fourth-order valence-electron chi connectivity index (χ4n) is 3.52. The number of thiazole rings is 1. The second kappa shape index (κ2) is 10.5. The van der Waals surface area contributed by atoms with E-state index in [2.05, 4.69) is 10.3 Å². The Morgan fingerprint density at radius 1 is 1.38 bits per heavy atom. The lowest BCUT2D eigenvalue weighted by Gasteiger charge is -2.26. The lowest BCUT2D eigenvalue weighted by molar-refractivity contribution is -0.138. The van der Waals surface area contributed by atoms with Crippen LogP contribution in [0.5, 0.6) is 5.75 Å². The maximum absolute atomic E-state index is 14.9. The van der Waals surface area contributed by atoms with Crippen molar-refractivity contribution in [1.82, 2.24) is 4.98 Å². The number of thioether (sulfide) groups is 1. The number of anilines is 2. The summed E-state index contributed by atoms with van der Waals surface area (Å²) in [7, 11) is 0. The quantitative estimate of drug-likeness (QED) is 0.436. The van der Waals surface area contributed by atoms with E-state index in [4.69, 9.17) is 4.74 Å². The van der Waals surface area contributed by atoms with E-state index in [1.54, 1.807) is 26.0 Å². The highest BCUT2D eigenvalue weighted by atomic mass is 32.2. The molecule has 0 aliphatic heterocycles. The number of urea groups is 1. The summed E-state index contributed by atoms with van der Waals surface area (Å²) in [6, 6.07) is 4.04. The van der Waals surface area contributed by atoms with Gasteiger partial charge in [-0.15, -0.1) is 0 Å². The van der Waals surface area contributed by atoms with Crippen LogP contribution < -0.4 is 15.0 Å². The fraction of sp³-hybridized carbons (Fsp3) is 0.500. The lowest BCUT2D eigenvalue weighted by atomic mass is 10.1. The van der Waals surface area contributed by atoms with E-state index in [0.717, 1.165) is 37.4 Å². The largest absolute Gasteiger partial charge is 0.494 e. The number of benzene rings is 1. The van der Waals surface area contributed by atoms with E-state index < -0.39 is 22.6 Å². The number of hydrogen-bond donors (Lipinski definition) is 2. The first-order valence-electron chi connectivity index (χ1n) is 10.6. The predicted molar refractivity (Wildman–Crippen MR) is 126 cm³/mol. The molecule has 32 heavy (non-hydrogen) atoms. The summed E-state index contributed by atoms with van der Waals surface area (Å²) >= 11 is 2.35. The van der Waals surface area contributed by atoms with Gasteiger partial charge in [-0.1, -0.05) is 35.9 Å². The number of aromatic nitrogens is 1. The van der Waals surface area contributed by atoms with Crippen LogP contribution in [0, 0.1) is 11.7 Å². The van der Waals surface area contributed by atoms with Gasteiger partial charge in [0.1, 0.15) is 10.5 Å². The first kappa shape index (κ1) is 24.3. The molecule has 1 aromatic heterocycles. The number of carboxylic acid groups (broad SMARTS) is 1. The SMILES string of the molecule is CCOc1ccc(N(CC2CCCC2)C(=O)Nc2ncc(SC(C)(C)C(=O)O)s2)c(F)c1. The second-order valence-electron chi connectivity index (χ2n) is 8.14. The van der Waals surface area contributed by atoms with Crippen molar-refractivity contribution in [3.63, 3.8) is 0 Å². The zero-order valence-corrected chi connectivity index (χ0v) is 20.0. The summed E-state index contributed by atoms with van der Waals surface area (Å²) in [6.45, 7) is 5.87. The Labute approximate surface area is 195 Å². The van der Waals surface area contributed by atoms with E-state index in [0.29, 0.717) is 34.2 Å². The fourth-order valence-corrected chi connectivity index (χ4v) is 5.79. The number of amides is 2. The number of hydrogen-bond acceptors (Lipinski definition) is 6. The lowest BCUT2D eigenvalue weighted by Crippen LogP contribution is -2.38. The molecule has 0 radical (unpaired) electrons. The number of ether oxygens (including phenoxy) is 1. The van der Waals surface area contributed by atoms with E-state index in [-0.39, 0.29) is 5.69 Å². The Bertz CT molecular complexity index is 960. The highest BCUT2D eigenvalue weighted by Gasteiger charge is 2.30. The van der Waals surface area contributed by atoms with E-state index in [1.165, 1.54) is 28.5 Å². The van der Waals surface area contributed by atoms with Crippen molar-refractivity contribution in [3.05, 3.63) is 30.2 Å². The molecule has 1 aliphatic carbocycles. The number of carbonyl (C=O) groups excluding carboxylic acids is 1. The van der Waals surface area contributed by atoms with Crippen LogP contribution in [0.1, 0.15) is 46.5 Å². The summed E-state index contributed by atoms with van der Waals surface area (Å²) in [4.78, 5) is 30.1. The highest BCUT2D eigenvalue weighted by Crippen LogP contribution is 2.38. The molecule has 0 saturated heterocycles. The van der Waals surface area contributed by atoms with Crippen molar-refractivity contribution >= 4 is 45.9 Å². The van der Waals surface area contributed by atoms with Gasteiger partial charge in [0.25, 0.3) is 0 Å². The van der Waals surface area contributed by atoms with E-state index >= 15 is 0 Å². The second-order valence-corrected chi connectivity index (χ2v) is 11.1. The highest BCUT2D eigenvalue weighted by molar-refractivity contribution is 8.03. The molecule has 1 saturated carbocycles. The molecule has 1 fully saturated rings. The van der Waals surface area contributed by atoms with Crippen molar-refractivity contribution in [2.45, 2.75) is 55.4 Å². The molecular weight excluding hydrogens is 453 g/mol. The molecule has 7 nitrogen and oxygen atoms in total. The standard InChI is InChI=1S/C22H28FN3O4S2/c1-4-30-15-9-10-17(16(23)11-15)26(13-14-7-5-6-8-14)21(29)25-20-24-12-18(31-20)32-22(2,3)19(27)28/h9-12,14H,4-8,13H2,1-3H3,(H,27,28)(H,24,25,29). The third-order valence-corrected chi connectivity index (χ3v) is 7.45. The van der Waals surface area contributed by atoms with Gasteiger partial charge in [0, 0.05) is 12.6 Å². The van der Waals surface area contributed by atoms with Crippen LogP contribution in [0.3, 0.4) is 0 Å². The number of carboxylic acids is 1. The summed E-state index contributed by atoms with van der Waals surface area (Å²) < 4.78 is 19.9. The minimum Gasteiger partial charge on any atom is -0.494 e. The molecule has 2 aromatic rings. The first-order chi connectivity index (χ1) is 15.2. The van der Waals surface area contributed by atoms with Gasteiger partial charge in [-0.2, -0.15) is 0 Å². The molecule has 0 unspecified atom stereocenters. The Balaban J connectivity index is 1.78. The molecule has 174 valence electrons. The molecule has 1 aromatic carbocycles. The molecule has 0 bridgehead atoms. The first-order valence-corrected chi connectivity index (χ1v) is 12.2. The smallest absolute Gasteiger partial charge is 0.328 e. The van der Waals surface area contributed by atoms with E-state index in [1.807, 2.05) is 6.92 Å². The van der Waals surface area contributed by atoms with Crippen LogP contribution in [-0.2, 0) is 4.79 Å². The summed E-state index contributed by atoms with van der Waals surface area (Å²) in [5.41, 5.74) is 0.191. The molecule has 1 heterocycles. The Kier molecular flexibility index (Phi) is 8.00. The molecule has 0 spiro atoms. The monoisotopic (exact) mass is 481 g/mol. The third-order valence-electron chi connectivity index (χ3n) is 5.25. The van der Waals surface area contributed by atoms with Crippen LogP contribution in [0.25, 0.3) is 0 Å².